The lowest BCUT2D eigenvalue weighted by Crippen LogP contribution is -2.54. The number of carbonyl (C=O) groups is 2. The van der Waals surface area contributed by atoms with Crippen molar-refractivity contribution in [1.29, 1.82) is 0 Å². The van der Waals surface area contributed by atoms with Crippen LogP contribution in [0.3, 0.4) is 0 Å². The van der Waals surface area contributed by atoms with E-state index in [0.717, 1.165) is 24.8 Å². The maximum atomic E-state index is 12.8. The van der Waals surface area contributed by atoms with Gasteiger partial charge in [-0.05, 0) is 54.6 Å². The van der Waals surface area contributed by atoms with Gasteiger partial charge in [0.25, 0.3) is 0 Å². The summed E-state index contributed by atoms with van der Waals surface area (Å²) < 4.78 is 5.80. The predicted octanol–water partition coefficient (Wildman–Crippen LogP) is 2.35. The van der Waals surface area contributed by atoms with Crippen molar-refractivity contribution in [3.8, 4) is 0 Å². The summed E-state index contributed by atoms with van der Waals surface area (Å²) in [7, 11) is 0. The SMILES string of the molecule is C=C1CCC2C(C)(C)C(=O)CCC2(C)C1CC12OC1C(O)C(CO)=CC2=O. The molecule has 1 heterocycles. The molecule has 1 aliphatic heterocycles. The van der Waals surface area contributed by atoms with Crippen molar-refractivity contribution < 1.29 is 24.5 Å². The number of fused-ring (bicyclic) bond motifs is 2. The van der Waals surface area contributed by atoms with Gasteiger partial charge >= 0.3 is 0 Å². The smallest absolute Gasteiger partial charge is 0.190 e. The van der Waals surface area contributed by atoms with Crippen LogP contribution in [0.5, 0.6) is 0 Å². The van der Waals surface area contributed by atoms with Gasteiger partial charge in [-0.2, -0.15) is 0 Å². The van der Waals surface area contributed by atoms with E-state index in [9.17, 15) is 19.8 Å². The average molecular weight is 374 g/mol. The van der Waals surface area contributed by atoms with E-state index < -0.39 is 17.8 Å². The molecule has 3 fully saturated rings. The maximum absolute atomic E-state index is 12.8. The van der Waals surface area contributed by atoms with Crippen LogP contribution in [-0.2, 0) is 14.3 Å². The van der Waals surface area contributed by atoms with Crippen LogP contribution in [0.1, 0.15) is 52.9 Å². The van der Waals surface area contributed by atoms with Gasteiger partial charge in [0.15, 0.2) is 11.4 Å². The fourth-order valence-corrected chi connectivity index (χ4v) is 6.34. The van der Waals surface area contributed by atoms with Gasteiger partial charge in [0.1, 0.15) is 18.0 Å². The van der Waals surface area contributed by atoms with E-state index in [4.69, 9.17) is 4.74 Å². The van der Waals surface area contributed by atoms with Crippen molar-refractivity contribution in [3.05, 3.63) is 23.8 Å². The topological polar surface area (TPSA) is 87.1 Å². The van der Waals surface area contributed by atoms with E-state index in [-0.39, 0.29) is 35.1 Å². The summed E-state index contributed by atoms with van der Waals surface area (Å²) in [6.07, 6.45) is 3.52. The van der Waals surface area contributed by atoms with Crippen LogP contribution < -0.4 is 0 Å². The van der Waals surface area contributed by atoms with Crippen molar-refractivity contribution in [2.75, 3.05) is 6.61 Å². The van der Waals surface area contributed by atoms with Crippen molar-refractivity contribution in [3.63, 3.8) is 0 Å². The fourth-order valence-electron chi connectivity index (χ4n) is 6.34. The van der Waals surface area contributed by atoms with Gasteiger partial charge in [-0.3, -0.25) is 9.59 Å². The van der Waals surface area contributed by atoms with Crippen LogP contribution in [-0.4, -0.2) is 46.2 Å². The highest BCUT2D eigenvalue weighted by Crippen LogP contribution is 2.63. The summed E-state index contributed by atoms with van der Waals surface area (Å²) in [6, 6.07) is 0. The number of epoxide rings is 1. The molecule has 3 aliphatic carbocycles. The van der Waals surface area contributed by atoms with Gasteiger partial charge in [0, 0.05) is 11.8 Å². The van der Waals surface area contributed by atoms with Crippen LogP contribution in [0, 0.1) is 22.7 Å². The molecule has 27 heavy (non-hydrogen) atoms. The Morgan fingerprint density at radius 1 is 1.26 bits per heavy atom. The normalized spacial score (nSPS) is 45.8. The van der Waals surface area contributed by atoms with E-state index in [2.05, 4.69) is 27.4 Å². The quantitative estimate of drug-likeness (QED) is 0.585. The number of hydrogen-bond acceptors (Lipinski definition) is 5. The number of hydrogen-bond donors (Lipinski definition) is 2. The second kappa shape index (κ2) is 5.85. The molecule has 0 aromatic heterocycles. The third-order valence-electron chi connectivity index (χ3n) is 8.15. The highest BCUT2D eigenvalue weighted by atomic mass is 16.6. The predicted molar refractivity (Wildman–Crippen MR) is 99.9 cm³/mol. The van der Waals surface area contributed by atoms with Crippen LogP contribution in [0.25, 0.3) is 0 Å². The summed E-state index contributed by atoms with van der Waals surface area (Å²) in [4.78, 5) is 25.4. The number of Topliss-reactive ketones (excluding diaryl/α,β-unsaturated/α-hetero) is 1. The third kappa shape index (κ3) is 2.48. The molecule has 6 unspecified atom stereocenters. The van der Waals surface area contributed by atoms with Gasteiger partial charge in [-0.15, -0.1) is 0 Å². The van der Waals surface area contributed by atoms with Gasteiger partial charge in [-0.25, -0.2) is 0 Å². The van der Waals surface area contributed by atoms with Crippen LogP contribution in [0.4, 0.5) is 0 Å². The highest BCUT2D eigenvalue weighted by molar-refractivity contribution is 6.02. The molecule has 0 aromatic rings. The van der Waals surface area contributed by atoms with E-state index in [1.807, 2.05) is 0 Å². The number of rotatable bonds is 3. The molecular formula is C22H30O5. The first kappa shape index (κ1) is 19.0. The molecule has 0 amide bonds. The lowest BCUT2D eigenvalue weighted by molar-refractivity contribution is -0.145. The van der Waals surface area contributed by atoms with Gasteiger partial charge in [-0.1, -0.05) is 32.9 Å². The molecule has 0 bridgehead atoms. The fraction of sp³-hybridized carbons (Fsp3) is 0.727. The van der Waals surface area contributed by atoms with Crippen molar-refractivity contribution >= 4 is 11.6 Å². The number of ether oxygens (including phenoxy) is 1. The monoisotopic (exact) mass is 374 g/mol. The molecule has 2 saturated carbocycles. The molecular weight excluding hydrogens is 344 g/mol. The molecule has 2 N–H and O–H groups in total. The van der Waals surface area contributed by atoms with Crippen molar-refractivity contribution in [1.82, 2.24) is 0 Å². The van der Waals surface area contributed by atoms with E-state index in [0.29, 0.717) is 24.2 Å². The largest absolute Gasteiger partial charge is 0.392 e. The Kier molecular flexibility index (Phi) is 4.12. The van der Waals surface area contributed by atoms with Gasteiger partial charge in [0.2, 0.25) is 0 Å². The summed E-state index contributed by atoms with van der Waals surface area (Å²) in [5, 5.41) is 19.8. The molecule has 0 aromatic carbocycles. The minimum atomic E-state index is -0.998. The molecule has 4 aliphatic rings. The van der Waals surface area contributed by atoms with Gasteiger partial charge < -0.3 is 14.9 Å². The summed E-state index contributed by atoms with van der Waals surface area (Å²) >= 11 is 0. The first-order valence-corrected chi connectivity index (χ1v) is 10.0. The molecule has 148 valence electrons. The first-order chi connectivity index (χ1) is 12.6. The van der Waals surface area contributed by atoms with Crippen LogP contribution >= 0.6 is 0 Å². The summed E-state index contributed by atoms with van der Waals surface area (Å²) in [5.74, 6) is 0.498. The van der Waals surface area contributed by atoms with E-state index in [1.165, 1.54) is 6.08 Å². The maximum Gasteiger partial charge on any atom is 0.190 e. The van der Waals surface area contributed by atoms with Gasteiger partial charge in [0.05, 0.1) is 6.61 Å². The number of aliphatic hydroxyl groups excluding tert-OH is 2. The Bertz CT molecular complexity index is 750. The zero-order chi connectivity index (χ0) is 19.8. The number of aliphatic hydroxyl groups is 2. The zero-order valence-electron chi connectivity index (χ0n) is 16.5. The van der Waals surface area contributed by atoms with E-state index >= 15 is 0 Å². The second-order valence-corrected chi connectivity index (χ2v) is 9.77. The standard InChI is InChI=1S/C22H30O5/c1-12-5-6-15-20(2,3)16(24)7-8-21(15,4)14(12)10-22-17(25)9-13(11-23)18(26)19(22)27-22/h9,14-15,18-19,23,26H,1,5-8,10-11H2,2-4H3. The Hall–Kier alpha value is -1.30. The molecule has 1 saturated heterocycles. The zero-order valence-corrected chi connectivity index (χ0v) is 16.5. The Morgan fingerprint density at radius 3 is 2.63 bits per heavy atom. The highest BCUT2D eigenvalue weighted by Gasteiger charge is 2.69. The molecule has 0 spiro atoms. The molecule has 6 atom stereocenters. The minimum Gasteiger partial charge on any atom is -0.392 e. The number of allylic oxidation sites excluding steroid dienone is 1. The van der Waals surface area contributed by atoms with Crippen molar-refractivity contribution in [2.24, 2.45) is 22.7 Å². The Morgan fingerprint density at radius 2 is 1.96 bits per heavy atom. The lowest BCUT2D eigenvalue weighted by atomic mass is 9.46. The van der Waals surface area contributed by atoms with Crippen LogP contribution in [0.2, 0.25) is 0 Å². The number of carbonyl (C=O) groups excluding carboxylic acids is 2. The molecule has 5 nitrogen and oxygen atoms in total. The van der Waals surface area contributed by atoms with E-state index in [1.54, 1.807) is 0 Å². The summed E-state index contributed by atoms with van der Waals surface area (Å²) in [6.45, 7) is 10.3. The number of ketones is 2. The second-order valence-electron chi connectivity index (χ2n) is 9.77. The first-order valence-electron chi connectivity index (χ1n) is 10.0. The lowest BCUT2D eigenvalue weighted by Gasteiger charge is -2.57. The Labute approximate surface area is 160 Å². The molecule has 4 rings (SSSR count). The Balaban J connectivity index is 1.66. The van der Waals surface area contributed by atoms with Crippen LogP contribution in [0.15, 0.2) is 23.8 Å². The third-order valence-corrected chi connectivity index (χ3v) is 8.15. The summed E-state index contributed by atoms with van der Waals surface area (Å²) in [5.41, 5.74) is -0.0179. The average Bonchev–Trinajstić information content (AvgIpc) is 3.35. The van der Waals surface area contributed by atoms with Crippen molar-refractivity contribution in [2.45, 2.75) is 70.7 Å². The molecule has 0 radical (unpaired) electrons. The minimum absolute atomic E-state index is 0.0776. The molecule has 5 heteroatoms.